The zero-order valence-corrected chi connectivity index (χ0v) is 17.8. The standard InChI is InChI=1S/C22H30N4O3/c1-16-13-25(15-22(5,21(2,3)4)26(16)20(27)28)19-23-11-18(12-24-19)29-14-17-9-7-6-8-10-17/h6-12,16H,13-15H2,1-5H3,(H,27,28). The summed E-state index contributed by atoms with van der Waals surface area (Å²) < 4.78 is 5.77. The molecule has 1 aromatic carbocycles. The van der Waals surface area contributed by atoms with Gasteiger partial charge < -0.3 is 14.7 Å². The highest BCUT2D eigenvalue weighted by Crippen LogP contribution is 2.40. The lowest BCUT2D eigenvalue weighted by Crippen LogP contribution is -2.70. The minimum atomic E-state index is -0.889. The van der Waals surface area contributed by atoms with Gasteiger partial charge in [0, 0.05) is 13.1 Å². The number of rotatable bonds is 4. The number of hydrogen-bond acceptors (Lipinski definition) is 5. The summed E-state index contributed by atoms with van der Waals surface area (Å²) in [6, 6.07) is 9.75. The van der Waals surface area contributed by atoms with Crippen LogP contribution in [-0.2, 0) is 6.61 Å². The molecule has 1 amide bonds. The second-order valence-electron chi connectivity index (χ2n) is 8.90. The third kappa shape index (κ3) is 4.28. The molecule has 0 spiro atoms. The first-order valence-electron chi connectivity index (χ1n) is 9.88. The molecule has 2 aromatic rings. The molecule has 1 aliphatic heterocycles. The Balaban J connectivity index is 1.75. The maximum atomic E-state index is 12.0. The molecule has 1 fully saturated rings. The molecule has 1 aliphatic rings. The normalized spacial score (nSPS) is 22.4. The number of hydrogen-bond donors (Lipinski definition) is 1. The highest BCUT2D eigenvalue weighted by Gasteiger charge is 2.51. The minimum absolute atomic E-state index is 0.178. The number of anilines is 1. The smallest absolute Gasteiger partial charge is 0.408 e. The van der Waals surface area contributed by atoms with E-state index in [1.54, 1.807) is 17.3 Å². The fourth-order valence-electron chi connectivity index (χ4n) is 3.84. The second-order valence-corrected chi connectivity index (χ2v) is 8.90. The molecule has 0 bridgehead atoms. The first-order chi connectivity index (χ1) is 13.6. The number of benzene rings is 1. The lowest BCUT2D eigenvalue weighted by Gasteiger charge is -2.56. The van der Waals surface area contributed by atoms with Crippen LogP contribution in [0.3, 0.4) is 0 Å². The van der Waals surface area contributed by atoms with Gasteiger partial charge in [-0.1, -0.05) is 51.1 Å². The maximum Gasteiger partial charge on any atom is 0.408 e. The van der Waals surface area contributed by atoms with Crippen molar-refractivity contribution in [1.82, 2.24) is 14.9 Å². The van der Waals surface area contributed by atoms with E-state index in [4.69, 9.17) is 4.74 Å². The Labute approximate surface area is 172 Å². The molecule has 1 saturated heterocycles. The summed E-state index contributed by atoms with van der Waals surface area (Å²) in [5.74, 6) is 1.19. The number of carboxylic acid groups (broad SMARTS) is 1. The fourth-order valence-corrected chi connectivity index (χ4v) is 3.84. The predicted octanol–water partition coefficient (Wildman–Crippen LogP) is 4.05. The second kappa shape index (κ2) is 7.89. The summed E-state index contributed by atoms with van der Waals surface area (Å²) in [6.07, 6.45) is 2.46. The lowest BCUT2D eigenvalue weighted by molar-refractivity contribution is -0.0174. The Morgan fingerprint density at radius 1 is 1.24 bits per heavy atom. The number of nitrogens with zero attached hydrogens (tertiary/aromatic N) is 4. The van der Waals surface area contributed by atoms with Crippen LogP contribution in [0.25, 0.3) is 0 Å². The van der Waals surface area contributed by atoms with Crippen LogP contribution >= 0.6 is 0 Å². The van der Waals surface area contributed by atoms with Gasteiger partial charge >= 0.3 is 6.09 Å². The van der Waals surface area contributed by atoms with E-state index in [0.717, 1.165) is 5.56 Å². The van der Waals surface area contributed by atoms with Crippen molar-refractivity contribution >= 4 is 12.0 Å². The Hall–Kier alpha value is -2.83. The van der Waals surface area contributed by atoms with E-state index < -0.39 is 11.6 Å². The largest absolute Gasteiger partial charge is 0.486 e. The van der Waals surface area contributed by atoms with E-state index in [2.05, 4.69) is 35.6 Å². The van der Waals surface area contributed by atoms with Crippen molar-refractivity contribution in [3.63, 3.8) is 0 Å². The summed E-state index contributed by atoms with van der Waals surface area (Å²) in [7, 11) is 0. The first-order valence-corrected chi connectivity index (χ1v) is 9.88. The Morgan fingerprint density at radius 2 is 1.86 bits per heavy atom. The Morgan fingerprint density at radius 3 is 2.41 bits per heavy atom. The van der Waals surface area contributed by atoms with Gasteiger partial charge in [-0.25, -0.2) is 14.8 Å². The molecule has 1 N–H and O–H groups in total. The van der Waals surface area contributed by atoms with Crippen LogP contribution in [0, 0.1) is 5.41 Å². The van der Waals surface area contributed by atoms with Crippen LogP contribution in [0.1, 0.15) is 40.2 Å². The van der Waals surface area contributed by atoms with Crippen molar-refractivity contribution in [2.45, 2.75) is 52.8 Å². The number of carbonyl (C=O) groups is 1. The molecule has 1 aromatic heterocycles. The predicted molar refractivity (Wildman–Crippen MR) is 112 cm³/mol. The topological polar surface area (TPSA) is 78.8 Å². The van der Waals surface area contributed by atoms with E-state index in [9.17, 15) is 9.90 Å². The summed E-state index contributed by atoms with van der Waals surface area (Å²) in [5.41, 5.74) is 0.246. The van der Waals surface area contributed by atoms with Gasteiger partial charge in [0.1, 0.15) is 6.61 Å². The average molecular weight is 399 g/mol. The molecule has 2 unspecified atom stereocenters. The zero-order chi connectivity index (χ0) is 21.2. The molecule has 2 atom stereocenters. The highest BCUT2D eigenvalue weighted by atomic mass is 16.5. The minimum Gasteiger partial charge on any atom is -0.486 e. The first kappa shape index (κ1) is 20.9. The lowest BCUT2D eigenvalue weighted by atomic mass is 9.71. The van der Waals surface area contributed by atoms with E-state index in [1.165, 1.54) is 0 Å². The number of amides is 1. The van der Waals surface area contributed by atoms with Crippen molar-refractivity contribution in [1.29, 1.82) is 0 Å². The summed E-state index contributed by atoms with van der Waals surface area (Å²) in [4.78, 5) is 24.6. The van der Waals surface area contributed by atoms with E-state index >= 15 is 0 Å². The quantitative estimate of drug-likeness (QED) is 0.837. The van der Waals surface area contributed by atoms with E-state index in [-0.39, 0.29) is 11.5 Å². The third-order valence-corrected chi connectivity index (χ3v) is 5.92. The summed E-state index contributed by atoms with van der Waals surface area (Å²) >= 11 is 0. The number of piperazine rings is 1. The van der Waals surface area contributed by atoms with Crippen LogP contribution in [0.4, 0.5) is 10.7 Å². The third-order valence-electron chi connectivity index (χ3n) is 5.92. The van der Waals surface area contributed by atoms with Gasteiger partial charge in [-0.3, -0.25) is 4.90 Å². The van der Waals surface area contributed by atoms with E-state index in [1.807, 2.05) is 44.2 Å². The molecule has 0 radical (unpaired) electrons. The van der Waals surface area contributed by atoms with Gasteiger partial charge in [0.2, 0.25) is 5.95 Å². The SMILES string of the molecule is CC1CN(c2ncc(OCc3ccccc3)cn2)CC(C)(C(C)(C)C)N1C(=O)O. The molecule has 3 rings (SSSR count). The highest BCUT2D eigenvalue weighted by molar-refractivity contribution is 5.67. The fraction of sp³-hybridized carbons (Fsp3) is 0.500. The number of ether oxygens (including phenoxy) is 1. The monoisotopic (exact) mass is 398 g/mol. The van der Waals surface area contributed by atoms with E-state index in [0.29, 0.717) is 31.4 Å². The van der Waals surface area contributed by atoms with Crippen molar-refractivity contribution < 1.29 is 14.6 Å². The van der Waals surface area contributed by atoms with Gasteiger partial charge in [0.15, 0.2) is 5.75 Å². The van der Waals surface area contributed by atoms with Gasteiger partial charge in [0.25, 0.3) is 0 Å². The van der Waals surface area contributed by atoms with Crippen molar-refractivity contribution in [2.24, 2.45) is 5.41 Å². The molecule has 0 aliphatic carbocycles. The van der Waals surface area contributed by atoms with Crippen molar-refractivity contribution in [3.8, 4) is 5.75 Å². The van der Waals surface area contributed by atoms with Crippen LogP contribution in [-0.4, -0.2) is 50.7 Å². The van der Waals surface area contributed by atoms with Crippen LogP contribution in [0.2, 0.25) is 0 Å². The summed E-state index contributed by atoms with van der Waals surface area (Å²) in [6.45, 7) is 11.7. The van der Waals surface area contributed by atoms with Crippen LogP contribution < -0.4 is 9.64 Å². The number of aromatic nitrogens is 2. The van der Waals surface area contributed by atoms with Crippen molar-refractivity contribution in [3.05, 3.63) is 48.3 Å². The molecule has 7 nitrogen and oxygen atoms in total. The summed E-state index contributed by atoms with van der Waals surface area (Å²) in [5, 5.41) is 9.81. The molecular formula is C22H30N4O3. The van der Waals surface area contributed by atoms with Crippen LogP contribution in [0.15, 0.2) is 42.7 Å². The molecule has 0 saturated carbocycles. The van der Waals surface area contributed by atoms with Gasteiger partial charge in [-0.15, -0.1) is 0 Å². The Kier molecular flexibility index (Phi) is 5.68. The van der Waals surface area contributed by atoms with Crippen LogP contribution in [0.5, 0.6) is 5.75 Å². The molecule has 2 heterocycles. The maximum absolute atomic E-state index is 12.0. The van der Waals surface area contributed by atoms with Gasteiger partial charge in [-0.2, -0.15) is 0 Å². The molecule has 7 heteroatoms. The molecule has 29 heavy (non-hydrogen) atoms. The van der Waals surface area contributed by atoms with Gasteiger partial charge in [0.05, 0.1) is 24.0 Å². The molecular weight excluding hydrogens is 368 g/mol. The zero-order valence-electron chi connectivity index (χ0n) is 17.8. The Bertz CT molecular complexity index is 835. The molecule has 156 valence electrons. The average Bonchev–Trinajstić information content (AvgIpc) is 2.66. The van der Waals surface area contributed by atoms with Crippen molar-refractivity contribution in [2.75, 3.05) is 18.0 Å². The van der Waals surface area contributed by atoms with Gasteiger partial charge in [-0.05, 0) is 24.8 Å².